The van der Waals surface area contributed by atoms with E-state index in [4.69, 9.17) is 4.74 Å². The van der Waals surface area contributed by atoms with Gasteiger partial charge < -0.3 is 9.72 Å². The van der Waals surface area contributed by atoms with Crippen LogP contribution in [0.1, 0.15) is 21.6 Å². The number of aryl methyl sites for hydroxylation is 1. The summed E-state index contributed by atoms with van der Waals surface area (Å²) in [4.78, 5) is 39.0. The first-order valence-electron chi connectivity index (χ1n) is 6.32. The number of amides is 1. The maximum absolute atomic E-state index is 11.8. The summed E-state index contributed by atoms with van der Waals surface area (Å²) in [7, 11) is 1.53. The highest BCUT2D eigenvalue weighted by molar-refractivity contribution is 5.95. The number of carbonyl (C=O) groups excluding carboxylic acids is 1. The van der Waals surface area contributed by atoms with Crippen LogP contribution in [0.15, 0.2) is 39.0 Å². The van der Waals surface area contributed by atoms with Gasteiger partial charge in [-0.3, -0.25) is 14.6 Å². The molecule has 0 aliphatic heterocycles. The average Bonchev–Trinajstić information content (AvgIpc) is 2.49. The zero-order valence-electron chi connectivity index (χ0n) is 12.0. The molecule has 3 N–H and O–H groups in total. The smallest absolute Gasteiger partial charge is 0.325 e. The molecule has 0 aliphatic carbocycles. The van der Waals surface area contributed by atoms with Crippen LogP contribution in [0, 0.1) is 6.92 Å². The molecule has 0 bridgehead atoms. The molecule has 22 heavy (non-hydrogen) atoms. The Morgan fingerprint density at radius 3 is 2.50 bits per heavy atom. The van der Waals surface area contributed by atoms with E-state index < -0.39 is 17.2 Å². The Bertz CT molecular complexity index is 818. The molecule has 1 heterocycles. The molecular formula is C14H14N4O4. The second-order valence-electron chi connectivity index (χ2n) is 4.37. The van der Waals surface area contributed by atoms with Crippen LogP contribution in [-0.4, -0.2) is 29.2 Å². The summed E-state index contributed by atoms with van der Waals surface area (Å²) in [6.07, 6.45) is 1.17. The van der Waals surface area contributed by atoms with Crippen molar-refractivity contribution in [2.45, 2.75) is 6.92 Å². The molecule has 1 aromatic heterocycles. The van der Waals surface area contributed by atoms with Crippen LogP contribution < -0.4 is 21.4 Å². The molecule has 8 heteroatoms. The van der Waals surface area contributed by atoms with Gasteiger partial charge in [0.25, 0.3) is 11.5 Å². The molecule has 0 unspecified atom stereocenters. The van der Waals surface area contributed by atoms with Crippen molar-refractivity contribution in [1.82, 2.24) is 15.4 Å². The molecule has 0 fully saturated rings. The largest absolute Gasteiger partial charge is 0.497 e. The van der Waals surface area contributed by atoms with Crippen molar-refractivity contribution in [3.05, 3.63) is 61.9 Å². The van der Waals surface area contributed by atoms with Crippen LogP contribution in [0.4, 0.5) is 0 Å². The summed E-state index contributed by atoms with van der Waals surface area (Å²) < 4.78 is 5.00. The Morgan fingerprint density at radius 1 is 1.23 bits per heavy atom. The highest BCUT2D eigenvalue weighted by atomic mass is 16.5. The van der Waals surface area contributed by atoms with E-state index in [1.54, 1.807) is 31.2 Å². The number of hydrogen-bond acceptors (Lipinski definition) is 5. The summed E-state index contributed by atoms with van der Waals surface area (Å²) in [5, 5.41) is 3.71. The third kappa shape index (κ3) is 3.48. The minimum atomic E-state index is -0.595. The first kappa shape index (κ1) is 15.2. The monoisotopic (exact) mass is 302 g/mol. The minimum Gasteiger partial charge on any atom is -0.497 e. The zero-order valence-corrected chi connectivity index (χ0v) is 12.0. The third-order valence-corrected chi connectivity index (χ3v) is 2.89. The fraction of sp³-hybridized carbons (Fsp3) is 0.143. The fourth-order valence-electron chi connectivity index (χ4n) is 1.73. The van der Waals surface area contributed by atoms with Gasteiger partial charge in [0.1, 0.15) is 5.75 Å². The van der Waals surface area contributed by atoms with Gasteiger partial charge in [-0.15, -0.1) is 0 Å². The second-order valence-corrected chi connectivity index (χ2v) is 4.37. The lowest BCUT2D eigenvalue weighted by atomic mass is 10.2. The Hall–Kier alpha value is -3.16. The molecule has 1 aromatic carbocycles. The van der Waals surface area contributed by atoms with Gasteiger partial charge in [-0.2, -0.15) is 5.10 Å². The minimum absolute atomic E-state index is 0.162. The van der Waals surface area contributed by atoms with Crippen molar-refractivity contribution < 1.29 is 9.53 Å². The first-order valence-corrected chi connectivity index (χ1v) is 6.32. The molecule has 0 saturated heterocycles. The molecule has 2 aromatic rings. The lowest BCUT2D eigenvalue weighted by Gasteiger charge is -2.02. The lowest BCUT2D eigenvalue weighted by Crippen LogP contribution is -2.27. The number of ether oxygens (including phenoxy) is 1. The Kier molecular flexibility index (Phi) is 4.52. The molecule has 0 saturated carbocycles. The molecule has 2 rings (SSSR count). The predicted octanol–water partition coefficient (Wildman–Crippen LogP) is 0.144. The molecule has 1 amide bonds. The summed E-state index contributed by atoms with van der Waals surface area (Å²) in [5.74, 6) is 0.202. The Morgan fingerprint density at radius 2 is 1.91 bits per heavy atom. The number of carbonyl (C=O) groups is 1. The maximum atomic E-state index is 11.8. The van der Waals surface area contributed by atoms with Gasteiger partial charge in [0.15, 0.2) is 0 Å². The van der Waals surface area contributed by atoms with E-state index in [0.717, 1.165) is 0 Å². The molecule has 0 atom stereocenters. The van der Waals surface area contributed by atoms with Crippen LogP contribution in [0.25, 0.3) is 0 Å². The van der Waals surface area contributed by atoms with Gasteiger partial charge in [0.05, 0.1) is 18.9 Å². The second kappa shape index (κ2) is 6.53. The van der Waals surface area contributed by atoms with Crippen molar-refractivity contribution in [3.63, 3.8) is 0 Å². The predicted molar refractivity (Wildman–Crippen MR) is 80.5 cm³/mol. The number of aromatic nitrogens is 2. The van der Waals surface area contributed by atoms with Crippen molar-refractivity contribution in [2.24, 2.45) is 5.10 Å². The van der Waals surface area contributed by atoms with Crippen LogP contribution in [0.3, 0.4) is 0 Å². The third-order valence-electron chi connectivity index (χ3n) is 2.89. The van der Waals surface area contributed by atoms with Gasteiger partial charge in [0.2, 0.25) is 0 Å². The fourth-order valence-corrected chi connectivity index (χ4v) is 1.73. The Labute approximate surface area is 124 Å². The van der Waals surface area contributed by atoms with Gasteiger partial charge in [-0.25, -0.2) is 10.2 Å². The normalized spacial score (nSPS) is 10.6. The number of benzene rings is 1. The lowest BCUT2D eigenvalue weighted by molar-refractivity contribution is 0.0955. The molecule has 0 aliphatic rings. The summed E-state index contributed by atoms with van der Waals surface area (Å²) in [6.45, 7) is 1.56. The van der Waals surface area contributed by atoms with Crippen LogP contribution in [-0.2, 0) is 0 Å². The number of H-pyrrole nitrogens is 2. The Balaban J connectivity index is 2.10. The maximum Gasteiger partial charge on any atom is 0.325 e. The van der Waals surface area contributed by atoms with Crippen molar-refractivity contribution in [1.29, 1.82) is 0 Å². The van der Waals surface area contributed by atoms with E-state index in [2.05, 4.69) is 20.5 Å². The van der Waals surface area contributed by atoms with E-state index in [1.807, 2.05) is 0 Å². The molecule has 0 spiro atoms. The molecular weight excluding hydrogens is 288 g/mol. The highest BCUT2D eigenvalue weighted by Gasteiger charge is 2.05. The first-order chi connectivity index (χ1) is 10.5. The van der Waals surface area contributed by atoms with Gasteiger partial charge in [-0.05, 0) is 31.2 Å². The van der Waals surface area contributed by atoms with E-state index in [9.17, 15) is 14.4 Å². The van der Waals surface area contributed by atoms with Crippen molar-refractivity contribution in [2.75, 3.05) is 7.11 Å². The molecule has 0 radical (unpaired) electrons. The average molecular weight is 302 g/mol. The molecule has 114 valence electrons. The SMILES string of the molecule is COc1ccc(C(=O)N/N=C\c2c(C)[nH]c(=O)[nH]c2=O)cc1. The number of methoxy groups -OCH3 is 1. The van der Waals surface area contributed by atoms with E-state index in [-0.39, 0.29) is 5.56 Å². The number of nitrogens with zero attached hydrogens (tertiary/aromatic N) is 1. The van der Waals surface area contributed by atoms with Crippen LogP contribution in [0.2, 0.25) is 0 Å². The van der Waals surface area contributed by atoms with Crippen molar-refractivity contribution >= 4 is 12.1 Å². The quantitative estimate of drug-likeness (QED) is 0.550. The van der Waals surface area contributed by atoms with Crippen LogP contribution in [0.5, 0.6) is 5.75 Å². The number of hydrogen-bond donors (Lipinski definition) is 3. The number of aromatic amines is 2. The topological polar surface area (TPSA) is 116 Å². The summed E-state index contributed by atoms with van der Waals surface area (Å²) in [5.41, 5.74) is 2.04. The van der Waals surface area contributed by atoms with Crippen LogP contribution >= 0.6 is 0 Å². The number of nitrogens with one attached hydrogen (secondary N) is 3. The van der Waals surface area contributed by atoms with Gasteiger partial charge in [0, 0.05) is 11.3 Å². The number of rotatable bonds is 4. The van der Waals surface area contributed by atoms with E-state index in [1.165, 1.54) is 13.3 Å². The number of hydrazone groups is 1. The summed E-state index contributed by atoms with van der Waals surface area (Å²) in [6, 6.07) is 6.47. The molecule has 8 nitrogen and oxygen atoms in total. The zero-order chi connectivity index (χ0) is 16.1. The van der Waals surface area contributed by atoms with Gasteiger partial charge >= 0.3 is 5.69 Å². The van der Waals surface area contributed by atoms with E-state index >= 15 is 0 Å². The summed E-state index contributed by atoms with van der Waals surface area (Å²) >= 11 is 0. The van der Waals surface area contributed by atoms with E-state index in [0.29, 0.717) is 17.0 Å². The highest BCUT2D eigenvalue weighted by Crippen LogP contribution is 2.10. The standard InChI is InChI=1S/C14H14N4O4/c1-8-11(13(20)17-14(21)16-8)7-15-18-12(19)9-3-5-10(22-2)6-4-9/h3-7H,1-2H3,(H,18,19)(H2,16,17,20,21)/b15-7-. The van der Waals surface area contributed by atoms with Crippen molar-refractivity contribution in [3.8, 4) is 5.75 Å². The van der Waals surface area contributed by atoms with Gasteiger partial charge in [-0.1, -0.05) is 0 Å².